The summed E-state index contributed by atoms with van der Waals surface area (Å²) in [5.74, 6) is -2.45. The number of anilines is 1. The van der Waals surface area contributed by atoms with Crippen molar-refractivity contribution in [2.75, 3.05) is 18.5 Å². The molecule has 2 rings (SSSR count). The molecule has 0 radical (unpaired) electrons. The smallest absolute Gasteiger partial charge is 0.344 e. The van der Waals surface area contributed by atoms with Crippen LogP contribution in [-0.4, -0.2) is 31.2 Å². The summed E-state index contributed by atoms with van der Waals surface area (Å²) in [6, 6.07) is 9.78. The van der Waals surface area contributed by atoms with Gasteiger partial charge in [0.05, 0.1) is 6.61 Å². The van der Waals surface area contributed by atoms with E-state index in [0.717, 1.165) is 12.1 Å². The van der Waals surface area contributed by atoms with E-state index in [1.807, 2.05) is 6.92 Å². The maximum Gasteiger partial charge on any atom is 0.344 e. The number of carbonyl (C=O) groups excluding carboxylic acids is 2. The molecule has 0 heterocycles. The summed E-state index contributed by atoms with van der Waals surface area (Å²) in [5.41, 5.74) is -0.601. The van der Waals surface area contributed by atoms with E-state index >= 15 is 0 Å². The molecule has 1 amide bonds. The third-order valence-electron chi connectivity index (χ3n) is 3.38. The van der Waals surface area contributed by atoms with Crippen molar-refractivity contribution < 1.29 is 32.6 Å². The van der Waals surface area contributed by atoms with Crippen LogP contribution in [0.15, 0.2) is 42.5 Å². The van der Waals surface area contributed by atoms with Gasteiger partial charge in [-0.2, -0.15) is 0 Å². The highest BCUT2D eigenvalue weighted by Gasteiger charge is 2.21. The van der Waals surface area contributed by atoms with Gasteiger partial charge in [-0.1, -0.05) is 6.07 Å². The Morgan fingerprint density at radius 2 is 1.56 bits per heavy atom. The van der Waals surface area contributed by atoms with Crippen LogP contribution in [0.3, 0.4) is 0 Å². The Hall–Kier alpha value is -3.16. The summed E-state index contributed by atoms with van der Waals surface area (Å²) in [5, 5.41) is 2.05. The first-order valence-corrected chi connectivity index (χ1v) is 8.20. The minimum atomic E-state index is -1.26. The summed E-state index contributed by atoms with van der Waals surface area (Å²) in [6.45, 7) is 3.24. The molecule has 0 aliphatic carbocycles. The third-order valence-corrected chi connectivity index (χ3v) is 3.38. The van der Waals surface area contributed by atoms with Crippen LogP contribution < -0.4 is 14.8 Å². The van der Waals surface area contributed by atoms with Gasteiger partial charge in [0.1, 0.15) is 28.8 Å². The van der Waals surface area contributed by atoms with E-state index in [4.69, 9.17) is 14.2 Å². The lowest BCUT2D eigenvalue weighted by Gasteiger charge is -2.14. The number of carbonyl (C=O) groups is 2. The average Bonchev–Trinajstić information content (AvgIpc) is 2.64. The van der Waals surface area contributed by atoms with Crippen LogP contribution in [0.5, 0.6) is 11.5 Å². The van der Waals surface area contributed by atoms with Gasteiger partial charge in [0.25, 0.3) is 5.91 Å². The van der Waals surface area contributed by atoms with Crippen molar-refractivity contribution in [3.8, 4) is 11.5 Å². The van der Waals surface area contributed by atoms with E-state index in [-0.39, 0.29) is 0 Å². The number of nitrogens with one attached hydrogen (secondary N) is 1. The van der Waals surface area contributed by atoms with Gasteiger partial charge in [-0.25, -0.2) is 13.6 Å². The maximum atomic E-state index is 13.5. The van der Waals surface area contributed by atoms with Crippen LogP contribution >= 0.6 is 0 Å². The van der Waals surface area contributed by atoms with Gasteiger partial charge >= 0.3 is 5.97 Å². The molecule has 2 aromatic carbocycles. The second-order valence-corrected chi connectivity index (χ2v) is 5.41. The lowest BCUT2D eigenvalue weighted by molar-refractivity contribution is -0.155. The van der Waals surface area contributed by atoms with Crippen molar-refractivity contribution in [3.05, 3.63) is 54.1 Å². The molecule has 6 nitrogen and oxygen atoms in total. The van der Waals surface area contributed by atoms with Crippen molar-refractivity contribution in [2.24, 2.45) is 0 Å². The molecule has 1 atom stereocenters. The molecule has 0 fully saturated rings. The van der Waals surface area contributed by atoms with Gasteiger partial charge in [-0.05, 0) is 50.2 Å². The van der Waals surface area contributed by atoms with Crippen LogP contribution in [0, 0.1) is 11.6 Å². The molecular formula is C19H19F2NO5. The van der Waals surface area contributed by atoms with E-state index in [9.17, 15) is 18.4 Å². The monoisotopic (exact) mass is 379 g/mol. The van der Waals surface area contributed by atoms with Crippen molar-refractivity contribution in [2.45, 2.75) is 20.0 Å². The molecule has 0 saturated heterocycles. The zero-order valence-electron chi connectivity index (χ0n) is 14.8. The van der Waals surface area contributed by atoms with Gasteiger partial charge in [-0.15, -0.1) is 0 Å². The van der Waals surface area contributed by atoms with Crippen molar-refractivity contribution in [3.63, 3.8) is 0 Å². The molecule has 0 unspecified atom stereocenters. The van der Waals surface area contributed by atoms with E-state index < -0.39 is 41.9 Å². The van der Waals surface area contributed by atoms with E-state index in [2.05, 4.69) is 5.32 Å². The summed E-state index contributed by atoms with van der Waals surface area (Å²) in [7, 11) is 0. The molecule has 0 saturated carbocycles. The summed E-state index contributed by atoms with van der Waals surface area (Å²) < 4.78 is 42.5. The van der Waals surface area contributed by atoms with Crippen LogP contribution in [-0.2, 0) is 14.3 Å². The molecule has 0 aliphatic heterocycles. The number of ether oxygens (including phenoxy) is 3. The quantitative estimate of drug-likeness (QED) is 0.713. The number of benzene rings is 2. The number of esters is 1. The summed E-state index contributed by atoms with van der Waals surface area (Å²) in [6.07, 6.45) is -1.26. The second-order valence-electron chi connectivity index (χ2n) is 5.41. The third kappa shape index (κ3) is 5.95. The fraction of sp³-hybridized carbons (Fsp3) is 0.263. The first-order chi connectivity index (χ1) is 12.9. The van der Waals surface area contributed by atoms with E-state index in [0.29, 0.717) is 18.1 Å². The molecule has 144 valence electrons. The van der Waals surface area contributed by atoms with Gasteiger partial charge in [-0.3, -0.25) is 4.79 Å². The molecule has 8 heteroatoms. The van der Waals surface area contributed by atoms with Gasteiger partial charge in [0.2, 0.25) is 0 Å². The van der Waals surface area contributed by atoms with Gasteiger partial charge in [0.15, 0.2) is 12.7 Å². The van der Waals surface area contributed by atoms with Crippen LogP contribution in [0.1, 0.15) is 13.8 Å². The van der Waals surface area contributed by atoms with Crippen LogP contribution in [0.4, 0.5) is 14.5 Å². The Morgan fingerprint density at radius 3 is 2.11 bits per heavy atom. The molecule has 1 N–H and O–H groups in total. The number of halogens is 2. The number of hydrogen-bond donors (Lipinski definition) is 1. The Balaban J connectivity index is 1.83. The molecular weight excluding hydrogens is 360 g/mol. The number of rotatable bonds is 8. The Labute approximate surface area is 155 Å². The summed E-state index contributed by atoms with van der Waals surface area (Å²) >= 11 is 0. The molecule has 2 aromatic rings. The van der Waals surface area contributed by atoms with Gasteiger partial charge in [0, 0.05) is 0 Å². The normalized spacial score (nSPS) is 11.4. The second kappa shape index (κ2) is 9.51. The zero-order valence-corrected chi connectivity index (χ0v) is 14.8. The topological polar surface area (TPSA) is 73.9 Å². The Kier molecular flexibility index (Phi) is 7.10. The maximum absolute atomic E-state index is 13.5. The van der Waals surface area contributed by atoms with Crippen molar-refractivity contribution >= 4 is 17.6 Å². The minimum absolute atomic E-state index is 0.418. The highest BCUT2D eigenvalue weighted by Crippen LogP contribution is 2.19. The fourth-order valence-corrected chi connectivity index (χ4v) is 2.07. The lowest BCUT2D eigenvalue weighted by Crippen LogP contribution is -2.32. The van der Waals surface area contributed by atoms with Crippen LogP contribution in [0.2, 0.25) is 0 Å². The first-order valence-electron chi connectivity index (χ1n) is 8.20. The highest BCUT2D eigenvalue weighted by atomic mass is 19.1. The Morgan fingerprint density at radius 1 is 1.00 bits per heavy atom. The molecule has 0 bridgehead atoms. The zero-order chi connectivity index (χ0) is 19.8. The Bertz CT molecular complexity index is 775. The molecule has 0 aromatic heterocycles. The molecule has 27 heavy (non-hydrogen) atoms. The predicted molar refractivity (Wildman–Crippen MR) is 93.6 cm³/mol. The van der Waals surface area contributed by atoms with Crippen molar-refractivity contribution in [1.82, 2.24) is 0 Å². The molecule has 0 aliphatic rings. The number of hydrogen-bond acceptors (Lipinski definition) is 5. The van der Waals surface area contributed by atoms with Crippen molar-refractivity contribution in [1.29, 1.82) is 0 Å². The SMILES string of the molecule is CCOc1ccc(OCC(=O)O[C@H](C)C(=O)Nc2c(F)cccc2F)cc1. The number of amides is 1. The van der Waals surface area contributed by atoms with Gasteiger partial charge < -0.3 is 19.5 Å². The fourth-order valence-electron chi connectivity index (χ4n) is 2.07. The van der Waals surface area contributed by atoms with Crippen LogP contribution in [0.25, 0.3) is 0 Å². The summed E-state index contributed by atoms with van der Waals surface area (Å²) in [4.78, 5) is 23.7. The predicted octanol–water partition coefficient (Wildman–Crippen LogP) is 3.31. The first kappa shape index (κ1) is 20.2. The largest absolute Gasteiger partial charge is 0.494 e. The van der Waals surface area contributed by atoms with E-state index in [1.165, 1.54) is 13.0 Å². The minimum Gasteiger partial charge on any atom is -0.494 e. The number of para-hydroxylation sites is 1. The standard InChI is InChI=1S/C19H19F2NO5/c1-3-25-13-7-9-14(10-8-13)26-11-17(23)27-12(2)19(24)22-18-15(20)5-4-6-16(18)21/h4-10,12H,3,11H2,1-2H3,(H,22,24)/t12-/m1/s1. The molecule has 0 spiro atoms. The average molecular weight is 379 g/mol. The van der Waals surface area contributed by atoms with E-state index in [1.54, 1.807) is 24.3 Å². The lowest BCUT2D eigenvalue weighted by atomic mass is 10.2. The highest BCUT2D eigenvalue weighted by molar-refractivity contribution is 5.95.